The van der Waals surface area contributed by atoms with E-state index in [1.54, 1.807) is 38.5 Å². The van der Waals surface area contributed by atoms with Crippen molar-refractivity contribution in [2.24, 2.45) is 5.92 Å². The van der Waals surface area contributed by atoms with E-state index >= 15 is 0 Å². The summed E-state index contributed by atoms with van der Waals surface area (Å²) in [4.78, 5) is 12.9. The Morgan fingerprint density at radius 2 is 1.54 bits per heavy atom. The molecule has 0 heterocycles. The van der Waals surface area contributed by atoms with Crippen molar-refractivity contribution in [3.8, 4) is 11.5 Å². The zero-order valence-electron chi connectivity index (χ0n) is 14.0. The highest BCUT2D eigenvalue weighted by Gasteiger charge is 2.46. The fourth-order valence-corrected chi connectivity index (χ4v) is 3.52. The van der Waals surface area contributed by atoms with E-state index in [2.05, 4.69) is 0 Å². The van der Waals surface area contributed by atoms with Crippen molar-refractivity contribution in [3.63, 3.8) is 0 Å². The molecule has 1 N–H and O–H groups in total. The molecule has 0 aromatic heterocycles. The van der Waals surface area contributed by atoms with E-state index in [-0.39, 0.29) is 5.78 Å². The second-order valence-corrected chi connectivity index (χ2v) is 6.19. The molecule has 2 aromatic carbocycles. The molecule has 1 fully saturated rings. The number of methoxy groups -OCH3 is 2. The molecule has 0 bridgehead atoms. The van der Waals surface area contributed by atoms with Gasteiger partial charge in [-0.05, 0) is 61.2 Å². The van der Waals surface area contributed by atoms with Gasteiger partial charge in [0.1, 0.15) is 11.5 Å². The predicted molar refractivity (Wildman–Crippen MR) is 91.6 cm³/mol. The normalized spacial score (nSPS) is 23.0. The minimum atomic E-state index is -1.12. The first-order chi connectivity index (χ1) is 11.6. The molecule has 1 saturated carbocycles. The van der Waals surface area contributed by atoms with Crippen LogP contribution in [-0.4, -0.2) is 25.1 Å². The Hall–Kier alpha value is -2.33. The van der Waals surface area contributed by atoms with Gasteiger partial charge in [-0.3, -0.25) is 4.79 Å². The van der Waals surface area contributed by atoms with Crippen LogP contribution in [0.1, 0.15) is 35.2 Å². The largest absolute Gasteiger partial charge is 0.497 e. The number of rotatable bonds is 5. The predicted octanol–water partition coefficient (Wildman–Crippen LogP) is 3.57. The summed E-state index contributed by atoms with van der Waals surface area (Å²) >= 11 is 0. The van der Waals surface area contributed by atoms with E-state index in [1.165, 1.54) is 0 Å². The molecule has 0 amide bonds. The first kappa shape index (κ1) is 16.5. The number of carbonyl (C=O) groups excluding carboxylic acids is 1. The van der Waals surface area contributed by atoms with E-state index in [0.29, 0.717) is 24.2 Å². The molecule has 2 aromatic rings. The highest BCUT2D eigenvalue weighted by Crippen LogP contribution is 2.45. The van der Waals surface area contributed by atoms with Gasteiger partial charge in [0.2, 0.25) is 0 Å². The van der Waals surface area contributed by atoms with Crippen LogP contribution >= 0.6 is 0 Å². The molecule has 0 radical (unpaired) electrons. The molecule has 2 atom stereocenters. The van der Waals surface area contributed by atoms with Gasteiger partial charge in [-0.2, -0.15) is 0 Å². The lowest BCUT2D eigenvalue weighted by atomic mass is 9.79. The number of ether oxygens (including phenoxy) is 2. The smallest absolute Gasteiger partial charge is 0.169 e. The molecule has 24 heavy (non-hydrogen) atoms. The van der Waals surface area contributed by atoms with Gasteiger partial charge in [0, 0.05) is 5.56 Å². The molecule has 1 aliphatic carbocycles. The van der Waals surface area contributed by atoms with Crippen LogP contribution in [0.4, 0.5) is 0 Å². The number of hydrogen-bond donors (Lipinski definition) is 1. The monoisotopic (exact) mass is 326 g/mol. The number of aliphatic hydroxyl groups is 1. The number of carbonyl (C=O) groups is 1. The van der Waals surface area contributed by atoms with Crippen molar-refractivity contribution >= 4 is 5.78 Å². The molecule has 0 unspecified atom stereocenters. The van der Waals surface area contributed by atoms with Crippen molar-refractivity contribution in [1.29, 1.82) is 0 Å². The van der Waals surface area contributed by atoms with Crippen molar-refractivity contribution < 1.29 is 19.4 Å². The van der Waals surface area contributed by atoms with Gasteiger partial charge in [-0.15, -0.1) is 0 Å². The third kappa shape index (κ3) is 2.89. The summed E-state index contributed by atoms with van der Waals surface area (Å²) in [5.74, 6) is 0.995. The van der Waals surface area contributed by atoms with E-state index in [4.69, 9.17) is 9.47 Å². The minimum Gasteiger partial charge on any atom is -0.497 e. The van der Waals surface area contributed by atoms with E-state index < -0.39 is 11.5 Å². The van der Waals surface area contributed by atoms with Crippen molar-refractivity contribution in [3.05, 3.63) is 59.7 Å². The summed E-state index contributed by atoms with van der Waals surface area (Å²) in [6.45, 7) is 0. The molecule has 0 saturated heterocycles. The summed E-state index contributed by atoms with van der Waals surface area (Å²) < 4.78 is 10.3. The lowest BCUT2D eigenvalue weighted by Gasteiger charge is -2.30. The molecule has 1 aliphatic rings. The van der Waals surface area contributed by atoms with Gasteiger partial charge in [-0.25, -0.2) is 0 Å². The second kappa shape index (κ2) is 6.65. The molecule has 126 valence electrons. The zero-order valence-corrected chi connectivity index (χ0v) is 14.0. The van der Waals surface area contributed by atoms with Crippen LogP contribution in [0.25, 0.3) is 0 Å². The number of ketones is 1. The van der Waals surface area contributed by atoms with Gasteiger partial charge in [0.25, 0.3) is 0 Å². The molecule has 4 heteroatoms. The Bertz CT molecular complexity index is 705. The first-order valence-electron chi connectivity index (χ1n) is 8.13. The molecule has 4 nitrogen and oxygen atoms in total. The van der Waals surface area contributed by atoms with Crippen LogP contribution in [0, 0.1) is 5.92 Å². The highest BCUT2D eigenvalue weighted by molar-refractivity contribution is 5.99. The van der Waals surface area contributed by atoms with Crippen molar-refractivity contribution in [2.45, 2.75) is 24.9 Å². The van der Waals surface area contributed by atoms with Gasteiger partial charge < -0.3 is 14.6 Å². The lowest BCUT2D eigenvalue weighted by Crippen LogP contribution is -2.35. The first-order valence-corrected chi connectivity index (χ1v) is 8.13. The van der Waals surface area contributed by atoms with Crippen molar-refractivity contribution in [1.82, 2.24) is 0 Å². The number of Topliss-reactive ketones (excluding diaryl/α,β-unsaturated/α-hetero) is 1. The molecule has 0 spiro atoms. The summed E-state index contributed by atoms with van der Waals surface area (Å²) in [5.41, 5.74) is 0.255. The van der Waals surface area contributed by atoms with Gasteiger partial charge in [0.05, 0.1) is 25.7 Å². The average Bonchev–Trinajstić information content (AvgIpc) is 3.04. The quantitative estimate of drug-likeness (QED) is 0.853. The maximum absolute atomic E-state index is 12.9. The lowest BCUT2D eigenvalue weighted by molar-refractivity contribution is 0.00309. The maximum atomic E-state index is 12.9. The number of benzene rings is 2. The van der Waals surface area contributed by atoms with Crippen LogP contribution in [0.3, 0.4) is 0 Å². The maximum Gasteiger partial charge on any atom is 0.169 e. The summed E-state index contributed by atoms with van der Waals surface area (Å²) in [6.07, 6.45) is 2.11. The SMILES string of the molecule is COc1ccc(C(=O)[C@H]2CCC[C@]2(O)c2ccc(OC)cc2)cc1. The summed E-state index contributed by atoms with van der Waals surface area (Å²) in [6, 6.07) is 14.4. The van der Waals surface area contributed by atoms with Crippen LogP contribution in [0.5, 0.6) is 11.5 Å². The Morgan fingerprint density at radius 3 is 2.08 bits per heavy atom. The standard InChI is InChI=1S/C20H22O4/c1-23-16-9-5-14(6-10-16)19(21)18-4-3-13-20(18,22)15-7-11-17(24-2)12-8-15/h5-12,18,22H,3-4,13H2,1-2H3/t18-,20+/m1/s1. The van der Waals surface area contributed by atoms with Crippen LogP contribution in [0.2, 0.25) is 0 Å². The average molecular weight is 326 g/mol. The van der Waals surface area contributed by atoms with Gasteiger partial charge in [0.15, 0.2) is 5.78 Å². The van der Waals surface area contributed by atoms with Crippen LogP contribution < -0.4 is 9.47 Å². The fourth-order valence-electron chi connectivity index (χ4n) is 3.52. The minimum absolute atomic E-state index is 0.0199. The molecular formula is C20H22O4. The Balaban J connectivity index is 1.88. The fraction of sp³-hybridized carbons (Fsp3) is 0.350. The van der Waals surface area contributed by atoms with Crippen LogP contribution in [-0.2, 0) is 5.60 Å². The van der Waals surface area contributed by atoms with Crippen molar-refractivity contribution in [2.75, 3.05) is 14.2 Å². The molecular weight excluding hydrogens is 304 g/mol. The van der Waals surface area contributed by atoms with E-state index in [9.17, 15) is 9.90 Å². The Kier molecular flexibility index (Phi) is 4.58. The second-order valence-electron chi connectivity index (χ2n) is 6.19. The van der Waals surface area contributed by atoms with Gasteiger partial charge >= 0.3 is 0 Å². The third-order valence-corrected chi connectivity index (χ3v) is 4.91. The zero-order chi connectivity index (χ0) is 17.2. The highest BCUT2D eigenvalue weighted by atomic mass is 16.5. The topological polar surface area (TPSA) is 55.8 Å². The molecule has 0 aliphatic heterocycles. The van der Waals surface area contributed by atoms with Gasteiger partial charge in [-0.1, -0.05) is 12.1 Å². The molecule has 3 rings (SSSR count). The summed E-state index contributed by atoms with van der Waals surface area (Å²) in [7, 11) is 3.20. The Labute approximate surface area is 142 Å². The summed E-state index contributed by atoms with van der Waals surface area (Å²) in [5, 5.41) is 11.2. The van der Waals surface area contributed by atoms with E-state index in [0.717, 1.165) is 17.7 Å². The van der Waals surface area contributed by atoms with Crippen LogP contribution in [0.15, 0.2) is 48.5 Å². The number of hydrogen-bond acceptors (Lipinski definition) is 4. The third-order valence-electron chi connectivity index (χ3n) is 4.91. The Morgan fingerprint density at radius 1 is 1.00 bits per heavy atom. The van der Waals surface area contributed by atoms with E-state index in [1.807, 2.05) is 24.3 Å².